The Morgan fingerprint density at radius 3 is 2.53 bits per heavy atom. The van der Waals surface area contributed by atoms with Crippen molar-refractivity contribution in [2.75, 3.05) is 10.6 Å². The molecule has 1 aromatic carbocycles. The first kappa shape index (κ1) is 13.9. The van der Waals surface area contributed by atoms with Crippen LogP contribution in [0.3, 0.4) is 0 Å². The fourth-order valence-corrected chi connectivity index (χ4v) is 2.68. The molecule has 0 aliphatic heterocycles. The zero-order valence-corrected chi connectivity index (χ0v) is 12.1. The lowest BCUT2D eigenvalue weighted by molar-refractivity contribution is -0.114. The van der Waals surface area contributed by atoms with Crippen molar-refractivity contribution in [1.82, 2.24) is 0 Å². The Morgan fingerprint density at radius 2 is 1.89 bits per heavy atom. The molecule has 3 nitrogen and oxygen atoms in total. The number of aryl methyl sites for hydroxylation is 1. The number of carbonyl (C=O) groups excluding carboxylic acids is 1. The van der Waals surface area contributed by atoms with Gasteiger partial charge in [-0.3, -0.25) is 4.79 Å². The molecule has 3 heteroatoms. The number of hydrogen-bond donors (Lipinski definition) is 2. The van der Waals surface area contributed by atoms with Crippen LogP contribution >= 0.6 is 0 Å². The minimum absolute atomic E-state index is 0.0215. The molecule has 0 unspecified atom stereocenters. The summed E-state index contributed by atoms with van der Waals surface area (Å²) in [5, 5.41) is 6.47. The highest BCUT2D eigenvalue weighted by molar-refractivity contribution is 5.90. The monoisotopic (exact) mass is 260 g/mol. The number of benzene rings is 1. The summed E-state index contributed by atoms with van der Waals surface area (Å²) in [7, 11) is 0. The van der Waals surface area contributed by atoms with Crippen LogP contribution in [0.1, 0.15) is 45.1 Å². The number of anilines is 2. The lowest BCUT2D eigenvalue weighted by Gasteiger charge is -2.28. The summed E-state index contributed by atoms with van der Waals surface area (Å²) in [6, 6.07) is 6.76. The van der Waals surface area contributed by atoms with Gasteiger partial charge in [0.1, 0.15) is 0 Å². The Kier molecular flexibility index (Phi) is 4.46. The molecule has 0 heterocycles. The largest absolute Gasteiger partial charge is 0.382 e. The van der Waals surface area contributed by atoms with Crippen molar-refractivity contribution in [2.45, 2.75) is 52.5 Å². The fourth-order valence-electron chi connectivity index (χ4n) is 2.68. The number of nitrogens with one attached hydrogen (secondary N) is 2. The SMILES string of the molecule is CC(=O)Nc1cc(NC2CCC(C)CC2)ccc1C. The van der Waals surface area contributed by atoms with Crippen LogP contribution in [0, 0.1) is 12.8 Å². The third-order valence-electron chi connectivity index (χ3n) is 3.93. The smallest absolute Gasteiger partial charge is 0.221 e. The summed E-state index contributed by atoms with van der Waals surface area (Å²) >= 11 is 0. The van der Waals surface area contributed by atoms with Crippen LogP contribution in [0.25, 0.3) is 0 Å². The van der Waals surface area contributed by atoms with Gasteiger partial charge in [0.25, 0.3) is 0 Å². The minimum Gasteiger partial charge on any atom is -0.382 e. The van der Waals surface area contributed by atoms with Crippen molar-refractivity contribution < 1.29 is 4.79 Å². The maximum Gasteiger partial charge on any atom is 0.221 e. The second-order valence-electron chi connectivity index (χ2n) is 5.81. The molecule has 0 radical (unpaired) electrons. The van der Waals surface area contributed by atoms with Gasteiger partial charge in [0.2, 0.25) is 5.91 Å². The Labute approximate surface area is 115 Å². The highest BCUT2D eigenvalue weighted by Gasteiger charge is 2.18. The Bertz CT molecular complexity index is 448. The van der Waals surface area contributed by atoms with Gasteiger partial charge in [-0.25, -0.2) is 0 Å². The van der Waals surface area contributed by atoms with Crippen molar-refractivity contribution in [3.63, 3.8) is 0 Å². The predicted molar refractivity (Wildman–Crippen MR) is 80.5 cm³/mol. The number of carbonyl (C=O) groups is 1. The average molecular weight is 260 g/mol. The normalized spacial score (nSPS) is 22.9. The lowest BCUT2D eigenvalue weighted by atomic mass is 9.87. The molecule has 0 aromatic heterocycles. The van der Waals surface area contributed by atoms with Gasteiger partial charge in [-0.15, -0.1) is 0 Å². The van der Waals surface area contributed by atoms with E-state index in [1.807, 2.05) is 13.0 Å². The van der Waals surface area contributed by atoms with Crippen LogP contribution in [0.2, 0.25) is 0 Å². The Morgan fingerprint density at radius 1 is 1.21 bits per heavy atom. The second-order valence-corrected chi connectivity index (χ2v) is 5.81. The molecular formula is C16H24N2O. The zero-order chi connectivity index (χ0) is 13.8. The molecule has 2 rings (SSSR count). The highest BCUT2D eigenvalue weighted by Crippen LogP contribution is 2.27. The third kappa shape index (κ3) is 3.98. The van der Waals surface area contributed by atoms with E-state index in [4.69, 9.17) is 0 Å². The fraction of sp³-hybridized carbons (Fsp3) is 0.562. The quantitative estimate of drug-likeness (QED) is 0.864. The number of amides is 1. The molecule has 0 bridgehead atoms. The summed E-state index contributed by atoms with van der Waals surface area (Å²) in [4.78, 5) is 11.2. The zero-order valence-electron chi connectivity index (χ0n) is 12.1. The van der Waals surface area contributed by atoms with Gasteiger partial charge < -0.3 is 10.6 Å². The molecule has 1 saturated carbocycles. The van der Waals surface area contributed by atoms with E-state index in [1.54, 1.807) is 6.92 Å². The maximum absolute atomic E-state index is 11.2. The topological polar surface area (TPSA) is 41.1 Å². The van der Waals surface area contributed by atoms with E-state index in [1.165, 1.54) is 25.7 Å². The molecule has 104 valence electrons. The van der Waals surface area contributed by atoms with E-state index in [9.17, 15) is 4.79 Å². The summed E-state index contributed by atoms with van der Waals surface area (Å²) in [5.41, 5.74) is 3.11. The van der Waals surface area contributed by atoms with Crippen LogP contribution in [0.5, 0.6) is 0 Å². The van der Waals surface area contributed by atoms with Gasteiger partial charge in [-0.2, -0.15) is 0 Å². The van der Waals surface area contributed by atoms with E-state index in [2.05, 4.69) is 29.7 Å². The van der Waals surface area contributed by atoms with Gasteiger partial charge in [0, 0.05) is 24.3 Å². The third-order valence-corrected chi connectivity index (χ3v) is 3.93. The van der Waals surface area contributed by atoms with Gasteiger partial charge in [0.05, 0.1) is 0 Å². The molecule has 1 aliphatic carbocycles. The van der Waals surface area contributed by atoms with Gasteiger partial charge in [-0.05, 0) is 56.2 Å². The van der Waals surface area contributed by atoms with Crippen molar-refractivity contribution in [3.05, 3.63) is 23.8 Å². The molecule has 19 heavy (non-hydrogen) atoms. The molecule has 1 aromatic rings. The summed E-state index contributed by atoms with van der Waals surface area (Å²) in [6.07, 6.45) is 5.10. The highest BCUT2D eigenvalue weighted by atomic mass is 16.1. The minimum atomic E-state index is -0.0215. The Balaban J connectivity index is 2.02. The molecular weight excluding hydrogens is 236 g/mol. The van der Waals surface area contributed by atoms with Crippen LogP contribution < -0.4 is 10.6 Å². The lowest BCUT2D eigenvalue weighted by Crippen LogP contribution is -2.25. The van der Waals surface area contributed by atoms with Crippen LogP contribution in [-0.2, 0) is 4.79 Å². The molecule has 1 fully saturated rings. The number of rotatable bonds is 3. The molecule has 2 N–H and O–H groups in total. The summed E-state index contributed by atoms with van der Waals surface area (Å²) in [5.74, 6) is 0.845. The van der Waals surface area contributed by atoms with E-state index in [0.717, 1.165) is 22.9 Å². The van der Waals surface area contributed by atoms with Crippen molar-refractivity contribution in [3.8, 4) is 0 Å². The summed E-state index contributed by atoms with van der Waals surface area (Å²) < 4.78 is 0. The first-order chi connectivity index (χ1) is 9.04. The van der Waals surface area contributed by atoms with Gasteiger partial charge in [0.15, 0.2) is 0 Å². The van der Waals surface area contributed by atoms with E-state index in [0.29, 0.717) is 6.04 Å². The second kappa shape index (κ2) is 6.09. The first-order valence-electron chi connectivity index (χ1n) is 7.19. The van der Waals surface area contributed by atoms with Crippen molar-refractivity contribution >= 4 is 17.3 Å². The van der Waals surface area contributed by atoms with E-state index in [-0.39, 0.29) is 5.91 Å². The molecule has 0 atom stereocenters. The standard InChI is InChI=1S/C16H24N2O/c1-11-4-7-14(8-5-11)18-15-9-6-12(2)16(10-15)17-13(3)19/h6,9-11,14,18H,4-5,7-8H2,1-3H3,(H,17,19). The van der Waals surface area contributed by atoms with Crippen molar-refractivity contribution in [2.24, 2.45) is 5.92 Å². The molecule has 0 saturated heterocycles. The maximum atomic E-state index is 11.2. The molecule has 1 aliphatic rings. The van der Waals surface area contributed by atoms with Crippen LogP contribution in [0.4, 0.5) is 11.4 Å². The van der Waals surface area contributed by atoms with Gasteiger partial charge >= 0.3 is 0 Å². The Hall–Kier alpha value is -1.51. The number of hydrogen-bond acceptors (Lipinski definition) is 2. The van der Waals surface area contributed by atoms with Crippen LogP contribution in [-0.4, -0.2) is 11.9 Å². The average Bonchev–Trinajstić information content (AvgIpc) is 2.36. The van der Waals surface area contributed by atoms with E-state index < -0.39 is 0 Å². The van der Waals surface area contributed by atoms with Gasteiger partial charge in [-0.1, -0.05) is 13.0 Å². The summed E-state index contributed by atoms with van der Waals surface area (Å²) in [6.45, 7) is 5.89. The first-order valence-corrected chi connectivity index (χ1v) is 7.19. The molecule has 1 amide bonds. The van der Waals surface area contributed by atoms with Crippen LogP contribution in [0.15, 0.2) is 18.2 Å². The predicted octanol–water partition coefficient (Wildman–Crippen LogP) is 3.94. The van der Waals surface area contributed by atoms with E-state index >= 15 is 0 Å². The van der Waals surface area contributed by atoms with Crippen molar-refractivity contribution in [1.29, 1.82) is 0 Å². The molecule has 0 spiro atoms.